The average Bonchev–Trinajstić information content (AvgIpc) is 3.44. The number of thiophene rings is 1. The van der Waals surface area contributed by atoms with Crippen molar-refractivity contribution in [2.45, 2.75) is 50.2 Å². The highest BCUT2D eigenvalue weighted by atomic mass is 32.1. The van der Waals surface area contributed by atoms with Crippen LogP contribution in [0, 0.1) is 0 Å². The second-order valence-electron chi connectivity index (χ2n) is 9.75. The van der Waals surface area contributed by atoms with Gasteiger partial charge in [-0.25, -0.2) is 9.97 Å². The number of aromatic nitrogens is 4. The standard InChI is InChI=1S/C24H26F3N7OS/c1-33-8-5-14(6-9-33)34-12-16(13-2-3-13)21(32-34)31-23-29-11-17(24(25,26)27)20(30-23)19-10-15-18(36-19)4-7-28-22(15)35/h10-14H,2-9H2,1H3,(H,28,35)(H,29,30,31,32). The van der Waals surface area contributed by atoms with Crippen molar-refractivity contribution >= 4 is 29.0 Å². The van der Waals surface area contributed by atoms with Crippen molar-refractivity contribution in [3.63, 3.8) is 0 Å². The summed E-state index contributed by atoms with van der Waals surface area (Å²) in [6.45, 7) is 2.47. The van der Waals surface area contributed by atoms with E-state index in [2.05, 4.69) is 38.7 Å². The number of rotatable bonds is 5. The van der Waals surface area contributed by atoms with Gasteiger partial charge in [0.05, 0.1) is 22.2 Å². The Hall–Kier alpha value is -2.99. The van der Waals surface area contributed by atoms with Crippen LogP contribution in [0.1, 0.15) is 64.0 Å². The summed E-state index contributed by atoms with van der Waals surface area (Å²) in [4.78, 5) is 23.9. The quantitative estimate of drug-likeness (QED) is 0.515. The average molecular weight is 518 g/mol. The number of nitrogens with one attached hydrogen (secondary N) is 2. The zero-order chi connectivity index (χ0) is 25.0. The molecule has 1 saturated heterocycles. The van der Waals surface area contributed by atoms with E-state index >= 15 is 0 Å². The van der Waals surface area contributed by atoms with Crippen LogP contribution in [0.3, 0.4) is 0 Å². The summed E-state index contributed by atoms with van der Waals surface area (Å²) < 4.78 is 43.6. The fraction of sp³-hybridized carbons (Fsp3) is 0.500. The number of nitrogens with zero attached hydrogens (tertiary/aromatic N) is 5. The highest BCUT2D eigenvalue weighted by Crippen LogP contribution is 2.45. The van der Waals surface area contributed by atoms with Crippen molar-refractivity contribution in [2.75, 3.05) is 32.0 Å². The molecule has 0 radical (unpaired) electrons. The van der Waals surface area contributed by atoms with E-state index in [1.165, 1.54) is 17.4 Å². The van der Waals surface area contributed by atoms with Crippen LogP contribution in [0.4, 0.5) is 24.9 Å². The molecule has 1 aliphatic carbocycles. The van der Waals surface area contributed by atoms with Gasteiger partial charge in [0.2, 0.25) is 5.95 Å². The second kappa shape index (κ2) is 8.84. The van der Waals surface area contributed by atoms with Crippen LogP contribution in [0.5, 0.6) is 0 Å². The zero-order valence-electron chi connectivity index (χ0n) is 19.7. The lowest BCUT2D eigenvalue weighted by atomic mass is 10.1. The maximum absolute atomic E-state index is 13.9. The van der Waals surface area contributed by atoms with Gasteiger partial charge in [-0.3, -0.25) is 9.48 Å². The molecule has 2 fully saturated rings. The summed E-state index contributed by atoms with van der Waals surface area (Å²) in [5, 5.41) is 10.6. The lowest BCUT2D eigenvalue weighted by molar-refractivity contribution is -0.137. The fourth-order valence-electron chi connectivity index (χ4n) is 4.89. The fourth-order valence-corrected chi connectivity index (χ4v) is 6.05. The molecule has 2 aliphatic heterocycles. The summed E-state index contributed by atoms with van der Waals surface area (Å²) in [6.07, 6.45) is 2.98. The molecule has 6 rings (SSSR count). The van der Waals surface area contributed by atoms with Crippen molar-refractivity contribution in [1.29, 1.82) is 0 Å². The molecular formula is C24H26F3N7OS. The predicted octanol–water partition coefficient (Wildman–Crippen LogP) is 4.59. The number of carbonyl (C=O) groups is 1. The number of anilines is 2. The first-order valence-corrected chi connectivity index (χ1v) is 13.0. The van der Waals surface area contributed by atoms with Gasteiger partial charge in [0.15, 0.2) is 5.82 Å². The summed E-state index contributed by atoms with van der Waals surface area (Å²) in [7, 11) is 2.11. The van der Waals surface area contributed by atoms with E-state index in [1.54, 1.807) is 0 Å². The third-order valence-electron chi connectivity index (χ3n) is 7.09. The summed E-state index contributed by atoms with van der Waals surface area (Å²) in [5.41, 5.74) is 0.318. The largest absolute Gasteiger partial charge is 0.420 e. The Labute approximate surface area is 209 Å². The molecule has 0 atom stereocenters. The molecule has 12 heteroatoms. The molecule has 3 aliphatic rings. The van der Waals surface area contributed by atoms with E-state index in [0.29, 0.717) is 41.2 Å². The minimum Gasteiger partial charge on any atom is -0.352 e. The van der Waals surface area contributed by atoms with Crippen molar-refractivity contribution < 1.29 is 18.0 Å². The minimum absolute atomic E-state index is 0.0596. The molecule has 1 saturated carbocycles. The lowest BCUT2D eigenvalue weighted by Gasteiger charge is -2.28. The lowest BCUT2D eigenvalue weighted by Crippen LogP contribution is -2.31. The first kappa shape index (κ1) is 23.4. The normalized spacial score (nSPS) is 19.3. The van der Waals surface area contributed by atoms with Crippen LogP contribution in [-0.4, -0.2) is 57.2 Å². The van der Waals surface area contributed by atoms with Gasteiger partial charge in [0.1, 0.15) is 5.56 Å². The summed E-state index contributed by atoms with van der Waals surface area (Å²) in [5.74, 6) is 0.786. The van der Waals surface area contributed by atoms with Crippen molar-refractivity contribution in [1.82, 2.24) is 30.0 Å². The van der Waals surface area contributed by atoms with Gasteiger partial charge in [-0.15, -0.1) is 11.3 Å². The number of piperidine rings is 1. The Morgan fingerprint density at radius 3 is 2.67 bits per heavy atom. The molecule has 3 aromatic rings. The number of amides is 1. The van der Waals surface area contributed by atoms with E-state index in [0.717, 1.165) is 55.4 Å². The molecule has 0 spiro atoms. The monoisotopic (exact) mass is 517 g/mol. The number of alkyl halides is 3. The van der Waals surface area contributed by atoms with E-state index in [-0.39, 0.29) is 17.5 Å². The van der Waals surface area contributed by atoms with Gasteiger partial charge in [0, 0.05) is 29.4 Å². The first-order chi connectivity index (χ1) is 17.3. The molecule has 2 N–H and O–H groups in total. The molecule has 0 bridgehead atoms. The molecule has 8 nitrogen and oxygen atoms in total. The minimum atomic E-state index is -4.63. The van der Waals surface area contributed by atoms with Gasteiger partial charge >= 0.3 is 6.18 Å². The topological polar surface area (TPSA) is 88.0 Å². The van der Waals surface area contributed by atoms with Crippen LogP contribution in [-0.2, 0) is 12.6 Å². The molecule has 0 unspecified atom stereocenters. The van der Waals surface area contributed by atoms with Crippen LogP contribution in [0.15, 0.2) is 18.5 Å². The Bertz CT molecular complexity index is 1310. The smallest absolute Gasteiger partial charge is 0.352 e. The van der Waals surface area contributed by atoms with Gasteiger partial charge < -0.3 is 15.5 Å². The Kier molecular flexibility index (Phi) is 5.75. The van der Waals surface area contributed by atoms with Crippen molar-refractivity contribution in [3.8, 4) is 10.6 Å². The molecule has 36 heavy (non-hydrogen) atoms. The zero-order valence-corrected chi connectivity index (χ0v) is 20.5. The number of hydrogen-bond acceptors (Lipinski definition) is 7. The van der Waals surface area contributed by atoms with Gasteiger partial charge in [-0.1, -0.05) is 0 Å². The number of fused-ring (bicyclic) bond motifs is 1. The van der Waals surface area contributed by atoms with Gasteiger partial charge in [0.25, 0.3) is 5.91 Å². The Balaban J connectivity index is 1.35. The maximum atomic E-state index is 13.9. The van der Waals surface area contributed by atoms with E-state index in [4.69, 9.17) is 5.10 Å². The molecule has 5 heterocycles. The SMILES string of the molecule is CN1CCC(n2cc(C3CC3)c(Nc3ncc(C(F)(F)F)c(-c4cc5c(s4)CCNC5=O)n3)n2)CC1. The molecule has 1 amide bonds. The molecule has 190 valence electrons. The van der Waals surface area contributed by atoms with Gasteiger partial charge in [-0.05, 0) is 64.2 Å². The number of carbonyl (C=O) groups excluding carboxylic acids is 1. The summed E-state index contributed by atoms with van der Waals surface area (Å²) in [6, 6.07) is 1.79. The summed E-state index contributed by atoms with van der Waals surface area (Å²) >= 11 is 1.18. The number of halogens is 3. The third-order valence-corrected chi connectivity index (χ3v) is 8.29. The molecular weight excluding hydrogens is 491 g/mol. The second-order valence-corrected chi connectivity index (χ2v) is 10.9. The van der Waals surface area contributed by atoms with Crippen LogP contribution >= 0.6 is 11.3 Å². The van der Waals surface area contributed by atoms with Gasteiger partial charge in [-0.2, -0.15) is 18.3 Å². The third kappa shape index (κ3) is 4.47. The Morgan fingerprint density at radius 1 is 1.19 bits per heavy atom. The Morgan fingerprint density at radius 2 is 1.97 bits per heavy atom. The van der Waals surface area contributed by atoms with Crippen LogP contribution < -0.4 is 10.6 Å². The highest BCUT2D eigenvalue weighted by molar-refractivity contribution is 7.15. The number of likely N-dealkylation sites (tertiary alicyclic amines) is 1. The van der Waals surface area contributed by atoms with E-state index in [9.17, 15) is 18.0 Å². The first-order valence-electron chi connectivity index (χ1n) is 12.2. The van der Waals surface area contributed by atoms with Crippen molar-refractivity contribution in [2.24, 2.45) is 0 Å². The van der Waals surface area contributed by atoms with E-state index < -0.39 is 11.7 Å². The molecule has 3 aromatic heterocycles. The van der Waals surface area contributed by atoms with Crippen molar-refractivity contribution in [3.05, 3.63) is 40.0 Å². The predicted molar refractivity (Wildman–Crippen MR) is 130 cm³/mol. The number of hydrogen-bond donors (Lipinski definition) is 2. The van der Waals surface area contributed by atoms with E-state index in [1.807, 2.05) is 4.68 Å². The molecule has 0 aromatic carbocycles. The highest BCUT2D eigenvalue weighted by Gasteiger charge is 2.37. The van der Waals surface area contributed by atoms with Crippen LogP contribution in [0.25, 0.3) is 10.6 Å². The van der Waals surface area contributed by atoms with Crippen LogP contribution in [0.2, 0.25) is 0 Å². The maximum Gasteiger partial charge on any atom is 0.420 e.